The van der Waals surface area contributed by atoms with Crippen LogP contribution in [-0.2, 0) is 7.05 Å². The summed E-state index contributed by atoms with van der Waals surface area (Å²) in [5, 5.41) is 8.63. The Morgan fingerprint density at radius 2 is 1.76 bits per heavy atom. The number of hydrogen-bond acceptors (Lipinski definition) is 5. The lowest BCUT2D eigenvalue weighted by Crippen LogP contribution is -2.44. The number of hydrogen-bond donors (Lipinski definition) is 1. The molecule has 1 aliphatic rings. The number of anilines is 1. The van der Waals surface area contributed by atoms with Gasteiger partial charge in [-0.25, -0.2) is 4.98 Å². The van der Waals surface area contributed by atoms with Gasteiger partial charge in [0.1, 0.15) is 5.75 Å². The molecule has 174 valence electrons. The van der Waals surface area contributed by atoms with E-state index in [4.69, 9.17) is 9.72 Å². The molecule has 0 spiro atoms. The minimum absolute atomic E-state index is 0.0661. The molecule has 7 heteroatoms. The molecule has 1 amide bonds. The Balaban J connectivity index is 1.35. The molecule has 1 N–H and O–H groups in total. The number of carbonyl (C=O) groups excluding carboxylic acids is 1. The first kappa shape index (κ1) is 21.9. The summed E-state index contributed by atoms with van der Waals surface area (Å²) in [5.41, 5.74) is 5.09. The topological polar surface area (TPSA) is 72.3 Å². The maximum absolute atomic E-state index is 13.5. The zero-order valence-corrected chi connectivity index (χ0v) is 19.8. The van der Waals surface area contributed by atoms with Gasteiger partial charge in [0.15, 0.2) is 5.65 Å². The largest absolute Gasteiger partial charge is 0.497 e. The number of carbonyl (C=O) groups is 1. The predicted molar refractivity (Wildman–Crippen MR) is 134 cm³/mol. The van der Waals surface area contributed by atoms with Crippen LogP contribution in [0.2, 0.25) is 0 Å². The van der Waals surface area contributed by atoms with Crippen molar-refractivity contribution in [1.29, 1.82) is 0 Å². The van der Waals surface area contributed by atoms with Crippen molar-refractivity contribution in [2.45, 2.75) is 25.8 Å². The Kier molecular flexibility index (Phi) is 5.92. The second-order valence-corrected chi connectivity index (χ2v) is 8.76. The average molecular weight is 456 g/mol. The smallest absolute Gasteiger partial charge is 0.252 e. The van der Waals surface area contributed by atoms with Crippen LogP contribution < -0.4 is 15.0 Å². The van der Waals surface area contributed by atoms with Crippen molar-refractivity contribution >= 4 is 22.6 Å². The van der Waals surface area contributed by atoms with Crippen LogP contribution in [0.1, 0.15) is 28.9 Å². The fourth-order valence-corrected chi connectivity index (χ4v) is 4.72. The van der Waals surface area contributed by atoms with Crippen LogP contribution >= 0.6 is 0 Å². The molecule has 3 heterocycles. The maximum Gasteiger partial charge on any atom is 0.252 e. The highest BCUT2D eigenvalue weighted by molar-refractivity contribution is 6.07. The number of amides is 1. The molecular formula is C27H29N5O2. The zero-order valence-electron chi connectivity index (χ0n) is 19.8. The van der Waals surface area contributed by atoms with Crippen LogP contribution in [0.25, 0.3) is 22.3 Å². The van der Waals surface area contributed by atoms with Gasteiger partial charge in [-0.15, -0.1) is 0 Å². The monoisotopic (exact) mass is 455 g/mol. The SMILES string of the molecule is COc1ccc(N2CCC(NC(=O)c3cc(-c4ccccc4)nc4c3c(C)nn4C)CC2)cc1. The number of nitrogens with zero attached hydrogens (tertiary/aromatic N) is 4. The number of rotatable bonds is 5. The molecule has 5 rings (SSSR count). The lowest BCUT2D eigenvalue weighted by atomic mass is 10.0. The number of methoxy groups -OCH3 is 1. The second kappa shape index (κ2) is 9.17. The Labute approximate surface area is 199 Å². The van der Waals surface area contributed by atoms with E-state index < -0.39 is 0 Å². The van der Waals surface area contributed by atoms with Crippen molar-refractivity contribution in [3.8, 4) is 17.0 Å². The Bertz CT molecular complexity index is 1310. The first-order valence-corrected chi connectivity index (χ1v) is 11.6. The van der Waals surface area contributed by atoms with E-state index in [0.717, 1.165) is 59.7 Å². The molecule has 0 unspecified atom stereocenters. The second-order valence-electron chi connectivity index (χ2n) is 8.76. The van der Waals surface area contributed by atoms with E-state index in [1.165, 1.54) is 5.69 Å². The fraction of sp³-hybridized carbons (Fsp3) is 0.296. The molecule has 0 saturated carbocycles. The van der Waals surface area contributed by atoms with Crippen molar-refractivity contribution in [3.05, 3.63) is 71.9 Å². The number of nitrogens with one attached hydrogen (secondary N) is 1. The predicted octanol–water partition coefficient (Wildman–Crippen LogP) is 4.35. The number of benzene rings is 2. The van der Waals surface area contributed by atoms with Gasteiger partial charge in [0.25, 0.3) is 5.91 Å². The molecule has 0 radical (unpaired) electrons. The molecule has 4 aromatic rings. The third kappa shape index (κ3) is 4.21. The van der Waals surface area contributed by atoms with Gasteiger partial charge >= 0.3 is 0 Å². The maximum atomic E-state index is 13.5. The van der Waals surface area contributed by atoms with Gasteiger partial charge in [-0.05, 0) is 50.1 Å². The third-order valence-corrected chi connectivity index (χ3v) is 6.55. The summed E-state index contributed by atoms with van der Waals surface area (Å²) in [6.07, 6.45) is 1.78. The number of pyridine rings is 1. The van der Waals surface area contributed by atoms with Crippen molar-refractivity contribution < 1.29 is 9.53 Å². The summed E-state index contributed by atoms with van der Waals surface area (Å²) >= 11 is 0. The summed E-state index contributed by atoms with van der Waals surface area (Å²) in [7, 11) is 3.54. The molecule has 2 aromatic carbocycles. The first-order valence-electron chi connectivity index (χ1n) is 11.6. The van der Waals surface area contributed by atoms with Crippen molar-refractivity contribution in [3.63, 3.8) is 0 Å². The van der Waals surface area contributed by atoms with E-state index >= 15 is 0 Å². The van der Waals surface area contributed by atoms with E-state index in [1.807, 2.05) is 62.5 Å². The highest BCUT2D eigenvalue weighted by Crippen LogP contribution is 2.28. The third-order valence-electron chi connectivity index (χ3n) is 6.55. The summed E-state index contributed by atoms with van der Waals surface area (Å²) < 4.78 is 7.01. The summed E-state index contributed by atoms with van der Waals surface area (Å²) in [5.74, 6) is 0.790. The van der Waals surface area contributed by atoms with Crippen LogP contribution in [0, 0.1) is 6.92 Å². The summed E-state index contributed by atoms with van der Waals surface area (Å²) in [6, 6.07) is 20.1. The van der Waals surface area contributed by atoms with Gasteiger partial charge in [-0.2, -0.15) is 5.10 Å². The Morgan fingerprint density at radius 3 is 2.44 bits per heavy atom. The Morgan fingerprint density at radius 1 is 1.06 bits per heavy atom. The Hall–Kier alpha value is -3.87. The van der Waals surface area contributed by atoms with Crippen LogP contribution in [0.3, 0.4) is 0 Å². The molecule has 1 fully saturated rings. The summed E-state index contributed by atoms with van der Waals surface area (Å²) in [6.45, 7) is 3.71. The average Bonchev–Trinajstić information content (AvgIpc) is 3.17. The minimum atomic E-state index is -0.0661. The van der Waals surface area contributed by atoms with Crippen LogP contribution in [-0.4, -0.2) is 46.9 Å². The number of fused-ring (bicyclic) bond motifs is 1. The van der Waals surface area contributed by atoms with Crippen molar-refractivity contribution in [1.82, 2.24) is 20.1 Å². The molecule has 1 saturated heterocycles. The standard InChI is InChI=1S/C27H29N5O2/c1-18-25-23(17-24(19-7-5-4-6-8-19)29-26(25)31(2)30-18)27(33)28-20-13-15-32(16-14-20)21-9-11-22(34-3)12-10-21/h4-12,17,20H,13-16H2,1-3H3,(H,28,33). The normalized spacial score (nSPS) is 14.4. The van der Waals surface area contributed by atoms with Crippen molar-refractivity contribution in [2.75, 3.05) is 25.1 Å². The molecular weight excluding hydrogens is 426 g/mol. The van der Waals surface area contributed by atoms with Gasteiger partial charge in [0, 0.05) is 37.4 Å². The van der Waals surface area contributed by atoms with E-state index in [-0.39, 0.29) is 11.9 Å². The van der Waals surface area contributed by atoms with Gasteiger partial charge in [0.2, 0.25) is 0 Å². The quantitative estimate of drug-likeness (QED) is 0.484. The molecule has 1 aliphatic heterocycles. The summed E-state index contributed by atoms with van der Waals surface area (Å²) in [4.78, 5) is 20.7. The van der Waals surface area contributed by atoms with E-state index in [0.29, 0.717) is 5.56 Å². The molecule has 0 atom stereocenters. The first-order chi connectivity index (χ1) is 16.5. The van der Waals surface area contributed by atoms with Gasteiger partial charge in [-0.3, -0.25) is 9.48 Å². The molecule has 34 heavy (non-hydrogen) atoms. The van der Waals surface area contributed by atoms with Crippen LogP contribution in [0.5, 0.6) is 5.75 Å². The molecule has 7 nitrogen and oxygen atoms in total. The van der Waals surface area contributed by atoms with Crippen molar-refractivity contribution in [2.24, 2.45) is 7.05 Å². The van der Waals surface area contributed by atoms with Gasteiger partial charge < -0.3 is 15.0 Å². The highest BCUT2D eigenvalue weighted by atomic mass is 16.5. The van der Waals surface area contributed by atoms with Crippen LogP contribution in [0.4, 0.5) is 5.69 Å². The van der Waals surface area contributed by atoms with E-state index in [2.05, 4.69) is 27.4 Å². The fourth-order valence-electron chi connectivity index (χ4n) is 4.72. The number of ether oxygens (including phenoxy) is 1. The minimum Gasteiger partial charge on any atom is -0.497 e. The molecule has 2 aromatic heterocycles. The zero-order chi connectivity index (χ0) is 23.7. The van der Waals surface area contributed by atoms with Gasteiger partial charge in [0.05, 0.1) is 29.4 Å². The lowest BCUT2D eigenvalue weighted by Gasteiger charge is -2.34. The number of aromatic nitrogens is 3. The van der Waals surface area contributed by atoms with Gasteiger partial charge in [-0.1, -0.05) is 30.3 Å². The highest BCUT2D eigenvalue weighted by Gasteiger charge is 2.24. The number of aryl methyl sites for hydroxylation is 2. The molecule has 0 bridgehead atoms. The van der Waals surface area contributed by atoms with E-state index in [9.17, 15) is 4.79 Å². The molecule has 0 aliphatic carbocycles. The number of piperidine rings is 1. The lowest BCUT2D eigenvalue weighted by molar-refractivity contribution is 0.0932. The van der Waals surface area contributed by atoms with Crippen LogP contribution in [0.15, 0.2) is 60.7 Å². The van der Waals surface area contributed by atoms with E-state index in [1.54, 1.807) is 11.8 Å².